The topological polar surface area (TPSA) is 56.7 Å². The average Bonchev–Trinajstić information content (AvgIpc) is 2.89. The summed E-state index contributed by atoms with van der Waals surface area (Å²) in [4.78, 5) is 0. The number of nitrogen functional groups attached to an aromatic ring is 1. The number of thioether (sulfide) groups is 1. The minimum Gasteiger partial charge on any atom is -0.335 e. The molecule has 0 bridgehead atoms. The van der Waals surface area contributed by atoms with Gasteiger partial charge in [-0.2, -0.15) is 0 Å². The number of nitrogens with zero attached hydrogens (tertiary/aromatic N) is 3. The number of nitrogens with two attached hydrogens (primary N) is 1. The third-order valence-electron chi connectivity index (χ3n) is 3.66. The van der Waals surface area contributed by atoms with Gasteiger partial charge in [0.15, 0.2) is 5.82 Å². The van der Waals surface area contributed by atoms with Crippen LogP contribution in [0, 0.1) is 18.6 Å². The van der Waals surface area contributed by atoms with E-state index in [0.717, 1.165) is 22.9 Å². The van der Waals surface area contributed by atoms with E-state index in [0.29, 0.717) is 11.0 Å². The van der Waals surface area contributed by atoms with E-state index >= 15 is 0 Å². The van der Waals surface area contributed by atoms with Gasteiger partial charge in [-0.15, -0.1) is 10.2 Å². The summed E-state index contributed by atoms with van der Waals surface area (Å²) in [5.74, 6) is 5.39. The number of aryl methyl sites for hydroxylation is 1. The van der Waals surface area contributed by atoms with Gasteiger partial charge >= 0.3 is 0 Å². The van der Waals surface area contributed by atoms with Crippen molar-refractivity contribution in [3.05, 3.63) is 65.2 Å². The number of halogens is 2. The van der Waals surface area contributed by atoms with Crippen molar-refractivity contribution in [3.63, 3.8) is 0 Å². The summed E-state index contributed by atoms with van der Waals surface area (Å²) in [5.41, 5.74) is 1.95. The van der Waals surface area contributed by atoms with Crippen LogP contribution in [0.4, 0.5) is 8.78 Å². The first-order valence-corrected chi connectivity index (χ1v) is 8.23. The zero-order valence-corrected chi connectivity index (χ0v) is 14.0. The van der Waals surface area contributed by atoms with E-state index in [1.54, 1.807) is 6.92 Å². The molecule has 0 aliphatic heterocycles. The SMILES string of the molecule is Cc1ccc(-c2nnc(SC(C)c3c(F)cccc3F)n2N)cc1. The highest BCUT2D eigenvalue weighted by Crippen LogP contribution is 2.36. The number of benzene rings is 2. The van der Waals surface area contributed by atoms with E-state index in [-0.39, 0.29) is 5.56 Å². The predicted octanol–water partition coefficient (Wildman–Crippen LogP) is 4.10. The molecule has 0 aliphatic rings. The van der Waals surface area contributed by atoms with Crippen LogP contribution < -0.4 is 5.84 Å². The van der Waals surface area contributed by atoms with E-state index in [9.17, 15) is 8.78 Å². The Hall–Kier alpha value is -2.41. The van der Waals surface area contributed by atoms with Crippen LogP contribution in [0.3, 0.4) is 0 Å². The number of rotatable bonds is 4. The average molecular weight is 346 g/mol. The molecular formula is C17H16F2N4S. The van der Waals surface area contributed by atoms with Crippen molar-refractivity contribution in [1.29, 1.82) is 0 Å². The zero-order chi connectivity index (χ0) is 17.3. The Morgan fingerprint density at radius 3 is 2.29 bits per heavy atom. The van der Waals surface area contributed by atoms with Gasteiger partial charge in [-0.25, -0.2) is 13.5 Å². The highest BCUT2D eigenvalue weighted by Gasteiger charge is 2.21. The molecule has 0 aliphatic carbocycles. The van der Waals surface area contributed by atoms with E-state index in [1.165, 1.54) is 22.9 Å². The highest BCUT2D eigenvalue weighted by atomic mass is 32.2. The van der Waals surface area contributed by atoms with Crippen molar-refractivity contribution in [2.24, 2.45) is 0 Å². The van der Waals surface area contributed by atoms with Gasteiger partial charge in [-0.05, 0) is 26.0 Å². The summed E-state index contributed by atoms with van der Waals surface area (Å²) in [6.07, 6.45) is 0. The van der Waals surface area contributed by atoms with Crippen LogP contribution in [0.5, 0.6) is 0 Å². The van der Waals surface area contributed by atoms with Gasteiger partial charge in [-0.3, -0.25) is 0 Å². The van der Waals surface area contributed by atoms with Gasteiger partial charge in [0.1, 0.15) is 11.6 Å². The standard InChI is InChI=1S/C17H16F2N4S/c1-10-6-8-12(9-7-10)16-21-22-17(23(16)20)24-11(2)15-13(18)4-3-5-14(15)19/h3-9,11H,20H2,1-2H3. The molecule has 1 aromatic heterocycles. The largest absolute Gasteiger partial charge is 0.335 e. The summed E-state index contributed by atoms with van der Waals surface area (Å²) < 4.78 is 29.1. The molecule has 0 fully saturated rings. The lowest BCUT2D eigenvalue weighted by Crippen LogP contribution is -2.12. The fourth-order valence-corrected chi connectivity index (χ4v) is 3.32. The number of hydrogen-bond donors (Lipinski definition) is 1. The van der Waals surface area contributed by atoms with Crippen LogP contribution in [0.15, 0.2) is 47.6 Å². The smallest absolute Gasteiger partial charge is 0.210 e. The molecule has 24 heavy (non-hydrogen) atoms. The molecule has 1 unspecified atom stereocenters. The van der Waals surface area contributed by atoms with E-state index < -0.39 is 16.9 Å². The van der Waals surface area contributed by atoms with Crippen LogP contribution in [0.25, 0.3) is 11.4 Å². The minimum absolute atomic E-state index is 0.00221. The second kappa shape index (κ2) is 6.60. The molecule has 3 aromatic rings. The number of hydrogen-bond acceptors (Lipinski definition) is 4. The highest BCUT2D eigenvalue weighted by molar-refractivity contribution is 7.99. The van der Waals surface area contributed by atoms with E-state index in [1.807, 2.05) is 31.2 Å². The number of aromatic nitrogens is 3. The normalized spacial score (nSPS) is 12.3. The molecule has 0 saturated carbocycles. The minimum atomic E-state index is -0.586. The summed E-state index contributed by atoms with van der Waals surface area (Å²) in [6, 6.07) is 11.5. The molecule has 7 heteroatoms. The predicted molar refractivity (Wildman–Crippen MR) is 91.0 cm³/mol. The Morgan fingerprint density at radius 2 is 1.67 bits per heavy atom. The Kier molecular flexibility index (Phi) is 4.53. The van der Waals surface area contributed by atoms with Crippen molar-refractivity contribution < 1.29 is 8.78 Å². The van der Waals surface area contributed by atoms with Crippen LogP contribution in [0.1, 0.15) is 23.3 Å². The zero-order valence-electron chi connectivity index (χ0n) is 13.2. The van der Waals surface area contributed by atoms with Gasteiger partial charge < -0.3 is 5.84 Å². The molecule has 4 nitrogen and oxygen atoms in total. The van der Waals surface area contributed by atoms with Crippen LogP contribution in [0.2, 0.25) is 0 Å². The van der Waals surface area contributed by atoms with E-state index in [4.69, 9.17) is 5.84 Å². The fourth-order valence-electron chi connectivity index (χ4n) is 2.37. The Balaban J connectivity index is 1.88. The van der Waals surface area contributed by atoms with Gasteiger partial charge in [0.2, 0.25) is 5.16 Å². The summed E-state index contributed by atoms with van der Waals surface area (Å²) in [5, 5.41) is 8.03. The maximum atomic E-state index is 13.9. The summed E-state index contributed by atoms with van der Waals surface area (Å²) in [7, 11) is 0. The maximum absolute atomic E-state index is 13.9. The first kappa shape index (κ1) is 16.4. The summed E-state index contributed by atoms with van der Waals surface area (Å²) in [6.45, 7) is 3.69. The van der Waals surface area contributed by atoms with Crippen LogP contribution in [-0.4, -0.2) is 14.9 Å². The fraction of sp³-hybridized carbons (Fsp3) is 0.176. The van der Waals surface area contributed by atoms with Crippen molar-refractivity contribution >= 4 is 11.8 Å². The Bertz CT molecular complexity index is 841. The monoisotopic (exact) mass is 346 g/mol. The molecule has 0 saturated heterocycles. The third kappa shape index (κ3) is 3.12. The van der Waals surface area contributed by atoms with Gasteiger partial charge in [-0.1, -0.05) is 47.7 Å². The summed E-state index contributed by atoms with van der Waals surface area (Å²) >= 11 is 1.15. The maximum Gasteiger partial charge on any atom is 0.210 e. The van der Waals surface area contributed by atoms with Crippen molar-refractivity contribution in [1.82, 2.24) is 14.9 Å². The Morgan fingerprint density at radius 1 is 1.04 bits per heavy atom. The van der Waals surface area contributed by atoms with Crippen molar-refractivity contribution in [2.45, 2.75) is 24.3 Å². The molecule has 0 spiro atoms. The van der Waals surface area contributed by atoms with Crippen LogP contribution >= 0.6 is 11.8 Å². The molecule has 0 radical (unpaired) electrons. The molecule has 2 aromatic carbocycles. The van der Waals surface area contributed by atoms with Gasteiger partial charge in [0, 0.05) is 16.4 Å². The molecule has 1 atom stereocenters. The van der Waals surface area contributed by atoms with E-state index in [2.05, 4.69) is 10.2 Å². The molecule has 3 rings (SSSR count). The second-order valence-electron chi connectivity index (χ2n) is 5.44. The molecule has 1 heterocycles. The lowest BCUT2D eigenvalue weighted by molar-refractivity contribution is 0.557. The van der Waals surface area contributed by atoms with Crippen LogP contribution in [-0.2, 0) is 0 Å². The molecule has 2 N–H and O–H groups in total. The third-order valence-corrected chi connectivity index (χ3v) is 4.74. The quantitative estimate of drug-likeness (QED) is 0.571. The lowest BCUT2D eigenvalue weighted by atomic mass is 10.1. The van der Waals surface area contributed by atoms with Gasteiger partial charge in [0.25, 0.3) is 0 Å². The van der Waals surface area contributed by atoms with Gasteiger partial charge in [0.05, 0.1) is 0 Å². The first-order valence-electron chi connectivity index (χ1n) is 7.35. The van der Waals surface area contributed by atoms with Crippen molar-refractivity contribution in [3.8, 4) is 11.4 Å². The molecule has 0 amide bonds. The van der Waals surface area contributed by atoms with Crippen molar-refractivity contribution in [2.75, 3.05) is 5.84 Å². The second-order valence-corrected chi connectivity index (χ2v) is 6.75. The lowest BCUT2D eigenvalue weighted by Gasteiger charge is -2.12. The first-order chi connectivity index (χ1) is 11.5. The molecular weight excluding hydrogens is 330 g/mol. The Labute approximate surface area is 142 Å². The molecule has 124 valence electrons.